The lowest BCUT2D eigenvalue weighted by atomic mass is 9.91. The molecule has 1 aliphatic carbocycles. The predicted octanol–water partition coefficient (Wildman–Crippen LogP) is 2.90. The van der Waals surface area contributed by atoms with Gasteiger partial charge in [-0.2, -0.15) is 4.99 Å². The number of ether oxygens (including phenoxy) is 3. The van der Waals surface area contributed by atoms with Crippen LogP contribution in [0.1, 0.15) is 46.1 Å². The molecule has 0 spiro atoms. The first-order valence-electron chi connectivity index (χ1n) is 12.7. The van der Waals surface area contributed by atoms with Gasteiger partial charge in [-0.15, -0.1) is 0 Å². The maximum Gasteiger partial charge on any atom is 0.410 e. The molecule has 10 heteroatoms. The Labute approximate surface area is 216 Å². The Bertz CT molecular complexity index is 1070. The van der Waals surface area contributed by atoms with Crippen LogP contribution in [-0.2, 0) is 35.2 Å². The summed E-state index contributed by atoms with van der Waals surface area (Å²) in [6.45, 7) is 8.44. The molecule has 5 atom stereocenters. The summed E-state index contributed by atoms with van der Waals surface area (Å²) in [5, 5.41) is 0. The average Bonchev–Trinajstić information content (AvgIpc) is 3.48. The van der Waals surface area contributed by atoms with Crippen LogP contribution in [0.2, 0.25) is 0 Å². The van der Waals surface area contributed by atoms with E-state index in [0.717, 1.165) is 5.56 Å². The third kappa shape index (κ3) is 5.86. The van der Waals surface area contributed by atoms with Crippen LogP contribution in [0.5, 0.6) is 0 Å². The number of carbonyl (C=O) groups is 3. The molecule has 2 aliphatic heterocycles. The third-order valence-electron chi connectivity index (χ3n) is 7.44. The number of likely N-dealkylation sites (tertiary alicyclic amines) is 2. The summed E-state index contributed by atoms with van der Waals surface area (Å²) in [5.41, 5.74) is -1.36. The number of carbonyl (C=O) groups excluding carboxylic acids is 4. The van der Waals surface area contributed by atoms with Crippen LogP contribution in [-0.4, -0.2) is 77.5 Å². The fourth-order valence-electron chi connectivity index (χ4n) is 5.83. The molecule has 0 bridgehead atoms. The first kappa shape index (κ1) is 26.8. The standard InChI is InChI=1S/C27H35N3O7/c1-18(32)35-16-22-21-14-29(25(34)37-26(2,3)4)13-20(21)12-23(22)30-11-10-27(24(30)33,28-17-31)36-15-19-8-6-5-7-9-19/h5-9,20-23H,10-16H2,1-4H3. The van der Waals surface area contributed by atoms with Gasteiger partial charge >= 0.3 is 12.1 Å². The van der Waals surface area contributed by atoms with Crippen molar-refractivity contribution in [2.24, 2.45) is 22.7 Å². The summed E-state index contributed by atoms with van der Waals surface area (Å²) in [7, 11) is 0. The van der Waals surface area contributed by atoms with Crippen molar-refractivity contribution < 1.29 is 33.4 Å². The van der Waals surface area contributed by atoms with Gasteiger partial charge in [0.05, 0.1) is 13.2 Å². The Morgan fingerprint density at radius 1 is 1.19 bits per heavy atom. The Morgan fingerprint density at radius 3 is 2.57 bits per heavy atom. The first-order chi connectivity index (χ1) is 17.5. The minimum absolute atomic E-state index is 0.0412. The fourth-order valence-corrected chi connectivity index (χ4v) is 5.83. The Kier molecular flexibility index (Phi) is 7.71. The molecule has 0 aromatic heterocycles. The summed E-state index contributed by atoms with van der Waals surface area (Å²) >= 11 is 0. The van der Waals surface area contributed by atoms with Gasteiger partial charge < -0.3 is 24.0 Å². The molecule has 3 fully saturated rings. The number of benzene rings is 1. The zero-order valence-electron chi connectivity index (χ0n) is 21.8. The van der Waals surface area contributed by atoms with Gasteiger partial charge in [0.15, 0.2) is 0 Å². The lowest BCUT2D eigenvalue weighted by Crippen LogP contribution is -2.48. The highest BCUT2D eigenvalue weighted by Gasteiger charge is 2.57. The topological polar surface area (TPSA) is 115 Å². The first-order valence-corrected chi connectivity index (χ1v) is 12.7. The molecule has 1 saturated carbocycles. The maximum absolute atomic E-state index is 13.7. The van der Waals surface area contributed by atoms with E-state index >= 15 is 0 Å². The monoisotopic (exact) mass is 513 g/mol. The van der Waals surface area contributed by atoms with Crippen LogP contribution >= 0.6 is 0 Å². The van der Waals surface area contributed by atoms with Gasteiger partial charge in [0.1, 0.15) is 5.60 Å². The Morgan fingerprint density at radius 2 is 1.92 bits per heavy atom. The van der Waals surface area contributed by atoms with E-state index in [4.69, 9.17) is 14.2 Å². The van der Waals surface area contributed by atoms with Crippen molar-refractivity contribution in [3.8, 4) is 0 Å². The molecule has 2 saturated heterocycles. The molecule has 1 aromatic rings. The van der Waals surface area contributed by atoms with E-state index in [0.29, 0.717) is 26.1 Å². The van der Waals surface area contributed by atoms with Crippen LogP contribution in [0.3, 0.4) is 0 Å². The smallest absolute Gasteiger partial charge is 0.410 e. The van der Waals surface area contributed by atoms with E-state index in [1.165, 1.54) is 13.0 Å². The van der Waals surface area contributed by atoms with Crippen LogP contribution in [0.15, 0.2) is 35.3 Å². The van der Waals surface area contributed by atoms with Gasteiger partial charge in [-0.3, -0.25) is 9.59 Å². The minimum Gasteiger partial charge on any atom is -0.465 e. The minimum atomic E-state index is -1.62. The van der Waals surface area contributed by atoms with Gasteiger partial charge in [-0.05, 0) is 44.6 Å². The molecule has 1 aromatic carbocycles. The molecule has 3 aliphatic rings. The van der Waals surface area contributed by atoms with Gasteiger partial charge in [0, 0.05) is 44.9 Å². The van der Waals surface area contributed by atoms with E-state index in [1.807, 2.05) is 51.1 Å². The molecule has 10 nitrogen and oxygen atoms in total. The highest BCUT2D eigenvalue weighted by Crippen LogP contribution is 2.47. The molecule has 2 amide bonds. The molecule has 5 unspecified atom stereocenters. The predicted molar refractivity (Wildman–Crippen MR) is 132 cm³/mol. The number of esters is 1. The van der Waals surface area contributed by atoms with Gasteiger partial charge in [0.2, 0.25) is 6.08 Å². The summed E-state index contributed by atoms with van der Waals surface area (Å²) < 4.78 is 16.9. The van der Waals surface area contributed by atoms with Crippen molar-refractivity contribution in [2.45, 2.75) is 64.5 Å². The van der Waals surface area contributed by atoms with Crippen molar-refractivity contribution in [2.75, 3.05) is 26.2 Å². The number of hydrogen-bond donors (Lipinski definition) is 0. The van der Waals surface area contributed by atoms with Crippen molar-refractivity contribution in [1.82, 2.24) is 9.80 Å². The zero-order chi connectivity index (χ0) is 26.8. The molecular formula is C27H35N3O7. The molecule has 0 radical (unpaired) electrons. The van der Waals surface area contributed by atoms with Crippen molar-refractivity contribution in [3.05, 3.63) is 35.9 Å². The van der Waals surface area contributed by atoms with Crippen LogP contribution < -0.4 is 0 Å². The van der Waals surface area contributed by atoms with Crippen molar-refractivity contribution in [1.29, 1.82) is 0 Å². The number of fused-ring (bicyclic) bond motifs is 1. The van der Waals surface area contributed by atoms with Gasteiger partial charge in [0.25, 0.3) is 11.6 Å². The molecule has 0 N–H and O–H groups in total. The number of amides is 2. The molecule has 200 valence electrons. The van der Waals surface area contributed by atoms with E-state index in [1.54, 1.807) is 9.80 Å². The molecule has 4 rings (SSSR count). The van der Waals surface area contributed by atoms with Crippen molar-refractivity contribution >= 4 is 24.0 Å². The summed E-state index contributed by atoms with van der Waals surface area (Å²) in [5.74, 6) is -0.785. The van der Waals surface area contributed by atoms with Gasteiger partial charge in [-0.1, -0.05) is 30.3 Å². The maximum atomic E-state index is 13.7. The van der Waals surface area contributed by atoms with Crippen LogP contribution in [0.25, 0.3) is 0 Å². The van der Waals surface area contributed by atoms with E-state index < -0.39 is 17.3 Å². The summed E-state index contributed by atoms with van der Waals surface area (Å²) in [6.07, 6.45) is 2.03. The summed E-state index contributed by atoms with van der Waals surface area (Å²) in [4.78, 5) is 56.6. The lowest BCUT2D eigenvalue weighted by molar-refractivity contribution is -0.153. The van der Waals surface area contributed by atoms with E-state index in [-0.39, 0.29) is 55.4 Å². The zero-order valence-corrected chi connectivity index (χ0v) is 21.8. The van der Waals surface area contributed by atoms with E-state index in [2.05, 4.69) is 4.99 Å². The fraction of sp³-hybridized carbons (Fsp3) is 0.630. The number of aliphatic imine (C=N–C) groups is 1. The molecule has 37 heavy (non-hydrogen) atoms. The quantitative estimate of drug-likeness (QED) is 0.313. The molecular weight excluding hydrogens is 478 g/mol. The van der Waals surface area contributed by atoms with Crippen molar-refractivity contribution in [3.63, 3.8) is 0 Å². The Balaban J connectivity index is 1.50. The van der Waals surface area contributed by atoms with Crippen LogP contribution in [0, 0.1) is 17.8 Å². The third-order valence-corrected chi connectivity index (χ3v) is 7.44. The SMILES string of the molecule is CC(=O)OCC1C2CN(C(=O)OC(C)(C)C)CC2CC1N1CCC(N=C=O)(OCc2ccccc2)C1=O. The average molecular weight is 514 g/mol. The van der Waals surface area contributed by atoms with Crippen LogP contribution in [0.4, 0.5) is 4.79 Å². The summed E-state index contributed by atoms with van der Waals surface area (Å²) in [6, 6.07) is 9.14. The van der Waals surface area contributed by atoms with Gasteiger partial charge in [-0.25, -0.2) is 9.59 Å². The second-order valence-corrected chi connectivity index (χ2v) is 11.1. The normalized spacial score (nSPS) is 29.1. The number of rotatable bonds is 7. The lowest BCUT2D eigenvalue weighted by Gasteiger charge is -2.33. The molecule has 2 heterocycles. The second-order valence-electron chi connectivity index (χ2n) is 11.1. The highest BCUT2D eigenvalue weighted by molar-refractivity contribution is 5.88. The number of isocyanates is 1. The van der Waals surface area contributed by atoms with E-state index in [9.17, 15) is 19.2 Å². The number of hydrogen-bond acceptors (Lipinski definition) is 8. The highest BCUT2D eigenvalue weighted by atomic mass is 16.6. The largest absolute Gasteiger partial charge is 0.465 e. The Hall–Kier alpha value is -3.23. The second kappa shape index (κ2) is 10.6. The number of nitrogens with zero attached hydrogens (tertiary/aromatic N) is 3.